The number of para-hydroxylation sites is 1. The fourth-order valence-corrected chi connectivity index (χ4v) is 3.60. The molecule has 2 heterocycles. The van der Waals surface area contributed by atoms with E-state index in [1.807, 2.05) is 12.1 Å². The molecule has 7 nitrogen and oxygen atoms in total. The summed E-state index contributed by atoms with van der Waals surface area (Å²) in [5.74, 6) is -0.785. The SMILES string of the molecule is Cc1cc(=O)c(C(=O)Nc2ccnn2Cc2ccc(C(C)(C)C)cc2)nn1-c1ccccc1F. The van der Waals surface area contributed by atoms with Crippen molar-refractivity contribution >= 4 is 11.7 Å². The first-order chi connectivity index (χ1) is 16.1. The van der Waals surface area contributed by atoms with Gasteiger partial charge in [-0.3, -0.25) is 9.59 Å². The van der Waals surface area contributed by atoms with E-state index in [-0.39, 0.29) is 16.8 Å². The van der Waals surface area contributed by atoms with Crippen LogP contribution in [0.25, 0.3) is 5.69 Å². The Morgan fingerprint density at radius 3 is 2.44 bits per heavy atom. The molecule has 0 saturated carbocycles. The molecule has 0 unspecified atom stereocenters. The third-order valence-electron chi connectivity index (χ3n) is 5.51. The molecular formula is C26H26FN5O2. The van der Waals surface area contributed by atoms with Gasteiger partial charge in [-0.2, -0.15) is 10.2 Å². The minimum atomic E-state index is -0.695. The van der Waals surface area contributed by atoms with Crippen molar-refractivity contribution in [1.82, 2.24) is 19.6 Å². The Hall–Kier alpha value is -4.07. The first-order valence-electron chi connectivity index (χ1n) is 10.9. The molecule has 8 heteroatoms. The van der Waals surface area contributed by atoms with Gasteiger partial charge < -0.3 is 5.32 Å². The van der Waals surface area contributed by atoms with Crippen molar-refractivity contribution < 1.29 is 9.18 Å². The number of nitrogens with one attached hydrogen (secondary N) is 1. The fourth-order valence-electron chi connectivity index (χ4n) is 3.60. The highest BCUT2D eigenvalue weighted by Gasteiger charge is 2.19. The first kappa shape index (κ1) is 23.1. The van der Waals surface area contributed by atoms with E-state index in [1.54, 1.807) is 36.0 Å². The number of hydrogen-bond donors (Lipinski definition) is 1. The summed E-state index contributed by atoms with van der Waals surface area (Å²) in [6, 6.07) is 17.2. The number of nitrogens with zero attached hydrogens (tertiary/aromatic N) is 4. The highest BCUT2D eigenvalue weighted by Crippen LogP contribution is 2.23. The summed E-state index contributed by atoms with van der Waals surface area (Å²) in [4.78, 5) is 25.5. The van der Waals surface area contributed by atoms with Crippen molar-refractivity contribution in [3.63, 3.8) is 0 Å². The van der Waals surface area contributed by atoms with E-state index in [9.17, 15) is 14.0 Å². The Morgan fingerprint density at radius 2 is 1.76 bits per heavy atom. The lowest BCUT2D eigenvalue weighted by Gasteiger charge is -2.19. The molecular weight excluding hydrogens is 433 g/mol. The van der Waals surface area contributed by atoms with Crippen LogP contribution in [0.1, 0.15) is 48.1 Å². The molecule has 1 amide bonds. The lowest BCUT2D eigenvalue weighted by molar-refractivity contribution is 0.101. The molecule has 0 fully saturated rings. The van der Waals surface area contributed by atoms with Crippen molar-refractivity contribution in [1.29, 1.82) is 0 Å². The van der Waals surface area contributed by atoms with Gasteiger partial charge in [-0.1, -0.05) is 57.2 Å². The fraction of sp³-hybridized carbons (Fsp3) is 0.231. The van der Waals surface area contributed by atoms with Gasteiger partial charge in [-0.05, 0) is 35.6 Å². The van der Waals surface area contributed by atoms with Crippen LogP contribution in [0.3, 0.4) is 0 Å². The van der Waals surface area contributed by atoms with Crippen LogP contribution in [0.5, 0.6) is 0 Å². The van der Waals surface area contributed by atoms with E-state index in [4.69, 9.17) is 0 Å². The minimum absolute atomic E-state index is 0.0555. The molecule has 0 bridgehead atoms. The number of anilines is 1. The number of aryl methyl sites for hydroxylation is 1. The summed E-state index contributed by atoms with van der Waals surface area (Å²) in [6.07, 6.45) is 1.57. The van der Waals surface area contributed by atoms with Crippen LogP contribution in [0.4, 0.5) is 10.2 Å². The third kappa shape index (κ3) is 4.80. The number of rotatable bonds is 5. The summed E-state index contributed by atoms with van der Waals surface area (Å²) in [6.45, 7) is 8.53. The van der Waals surface area contributed by atoms with Crippen LogP contribution in [0, 0.1) is 12.7 Å². The average Bonchev–Trinajstić information content (AvgIpc) is 3.20. The molecule has 1 N–H and O–H groups in total. The topological polar surface area (TPSA) is 81.8 Å². The molecule has 0 spiro atoms. The van der Waals surface area contributed by atoms with Crippen molar-refractivity contribution in [3.05, 3.63) is 105 Å². The molecule has 34 heavy (non-hydrogen) atoms. The zero-order chi connectivity index (χ0) is 24.5. The first-order valence-corrected chi connectivity index (χ1v) is 10.9. The van der Waals surface area contributed by atoms with Crippen LogP contribution < -0.4 is 10.7 Å². The Labute approximate surface area is 196 Å². The summed E-state index contributed by atoms with van der Waals surface area (Å²) in [7, 11) is 0. The van der Waals surface area contributed by atoms with Crippen LogP contribution in [-0.2, 0) is 12.0 Å². The van der Waals surface area contributed by atoms with Crippen molar-refractivity contribution in [2.45, 2.75) is 39.7 Å². The molecule has 0 radical (unpaired) electrons. The summed E-state index contributed by atoms with van der Waals surface area (Å²) >= 11 is 0. The van der Waals surface area contributed by atoms with Crippen molar-refractivity contribution in [3.8, 4) is 5.69 Å². The second-order valence-electron chi connectivity index (χ2n) is 9.14. The van der Waals surface area contributed by atoms with E-state index in [0.717, 1.165) is 5.56 Å². The van der Waals surface area contributed by atoms with Crippen LogP contribution >= 0.6 is 0 Å². The highest BCUT2D eigenvalue weighted by molar-refractivity contribution is 6.02. The molecule has 2 aromatic carbocycles. The zero-order valence-electron chi connectivity index (χ0n) is 19.5. The maximum atomic E-state index is 14.3. The van der Waals surface area contributed by atoms with E-state index in [2.05, 4.69) is 48.4 Å². The van der Waals surface area contributed by atoms with Gasteiger partial charge >= 0.3 is 0 Å². The molecule has 4 rings (SSSR count). The molecule has 0 aliphatic carbocycles. The number of halogens is 1. The standard InChI is InChI=1S/C26H26FN5O2/c1-17-15-22(33)24(30-32(17)21-8-6-5-7-20(21)27)25(34)29-23-13-14-28-31(23)16-18-9-11-19(12-10-18)26(2,3)4/h5-15H,16H2,1-4H3,(H,29,34). The Kier molecular flexibility index (Phi) is 6.15. The number of benzene rings is 2. The quantitative estimate of drug-likeness (QED) is 0.477. The van der Waals surface area contributed by atoms with Gasteiger partial charge in [0.05, 0.1) is 12.7 Å². The zero-order valence-corrected chi connectivity index (χ0v) is 19.5. The second-order valence-corrected chi connectivity index (χ2v) is 9.14. The summed E-state index contributed by atoms with van der Waals surface area (Å²) in [5, 5.41) is 11.2. The summed E-state index contributed by atoms with van der Waals surface area (Å²) < 4.78 is 17.2. The smallest absolute Gasteiger partial charge is 0.281 e. The van der Waals surface area contributed by atoms with Gasteiger partial charge in [0.2, 0.25) is 5.43 Å². The van der Waals surface area contributed by atoms with Crippen molar-refractivity contribution in [2.24, 2.45) is 0 Å². The molecule has 0 saturated heterocycles. The molecule has 174 valence electrons. The maximum absolute atomic E-state index is 14.3. The monoisotopic (exact) mass is 459 g/mol. The second kappa shape index (κ2) is 9.05. The van der Waals surface area contributed by atoms with Gasteiger partial charge in [0.1, 0.15) is 17.3 Å². The van der Waals surface area contributed by atoms with Gasteiger partial charge in [0.15, 0.2) is 5.69 Å². The molecule has 2 aromatic heterocycles. The Balaban J connectivity index is 1.58. The van der Waals surface area contributed by atoms with Crippen LogP contribution in [0.15, 0.2) is 71.7 Å². The largest absolute Gasteiger partial charge is 0.305 e. The molecule has 0 aliphatic heterocycles. The molecule has 4 aromatic rings. The number of carbonyl (C=O) groups excluding carboxylic acids is 1. The van der Waals surface area contributed by atoms with Crippen molar-refractivity contribution in [2.75, 3.05) is 5.32 Å². The normalized spacial score (nSPS) is 11.4. The minimum Gasteiger partial charge on any atom is -0.305 e. The average molecular weight is 460 g/mol. The van der Waals surface area contributed by atoms with Crippen LogP contribution in [-0.4, -0.2) is 25.5 Å². The van der Waals surface area contributed by atoms with E-state index in [1.165, 1.54) is 28.4 Å². The predicted octanol–water partition coefficient (Wildman–Crippen LogP) is 4.47. The lowest BCUT2D eigenvalue weighted by atomic mass is 9.87. The molecule has 0 aliphatic rings. The maximum Gasteiger partial charge on any atom is 0.281 e. The van der Waals surface area contributed by atoms with E-state index >= 15 is 0 Å². The Morgan fingerprint density at radius 1 is 1.06 bits per heavy atom. The lowest BCUT2D eigenvalue weighted by Crippen LogP contribution is -2.28. The van der Waals surface area contributed by atoms with E-state index < -0.39 is 17.2 Å². The highest BCUT2D eigenvalue weighted by atomic mass is 19.1. The van der Waals surface area contributed by atoms with Gasteiger partial charge in [0, 0.05) is 17.8 Å². The summed E-state index contributed by atoms with van der Waals surface area (Å²) in [5.41, 5.74) is 1.97. The predicted molar refractivity (Wildman–Crippen MR) is 129 cm³/mol. The van der Waals surface area contributed by atoms with Crippen LogP contribution in [0.2, 0.25) is 0 Å². The van der Waals surface area contributed by atoms with E-state index in [0.29, 0.717) is 18.1 Å². The number of amides is 1. The molecule has 0 atom stereocenters. The third-order valence-corrected chi connectivity index (χ3v) is 5.51. The van der Waals surface area contributed by atoms with Gasteiger partial charge in [-0.25, -0.2) is 13.8 Å². The number of aromatic nitrogens is 4. The number of carbonyl (C=O) groups is 1. The Bertz CT molecular complexity index is 1400. The van der Waals surface area contributed by atoms with Gasteiger partial charge in [0.25, 0.3) is 5.91 Å². The number of hydrogen-bond acceptors (Lipinski definition) is 4. The van der Waals surface area contributed by atoms with Gasteiger partial charge in [-0.15, -0.1) is 0 Å².